The lowest BCUT2D eigenvalue weighted by atomic mass is 9.88. The highest BCUT2D eigenvalue weighted by atomic mass is 32.2. The van der Waals surface area contributed by atoms with Gasteiger partial charge >= 0.3 is 5.97 Å². The summed E-state index contributed by atoms with van der Waals surface area (Å²) in [5, 5.41) is 3.31. The molecule has 0 amide bonds. The molecule has 0 bridgehead atoms. The summed E-state index contributed by atoms with van der Waals surface area (Å²) in [4.78, 5) is 10.9. The van der Waals surface area contributed by atoms with E-state index in [1.165, 1.54) is 7.11 Å². The molecule has 0 radical (unpaired) electrons. The van der Waals surface area contributed by atoms with Crippen LogP contribution >= 0.6 is 11.8 Å². The van der Waals surface area contributed by atoms with Crippen LogP contribution in [-0.4, -0.2) is 37.7 Å². The number of carbonyl (C=O) groups is 1. The minimum Gasteiger partial charge on any atom is -0.469 e. The number of rotatable bonds is 6. The second kappa shape index (κ2) is 7.12. The predicted octanol–water partition coefficient (Wildman–Crippen LogP) is 1.92. The number of thioether (sulfide) groups is 1. The van der Waals surface area contributed by atoms with E-state index in [1.54, 1.807) is 11.8 Å². The van der Waals surface area contributed by atoms with Gasteiger partial charge in [-0.25, -0.2) is 0 Å². The molecule has 0 aromatic rings. The first-order chi connectivity index (χ1) is 6.91. The number of hydrogen-bond acceptors (Lipinski definition) is 4. The number of carbonyl (C=O) groups excluding carboxylic acids is 1. The van der Waals surface area contributed by atoms with Gasteiger partial charge in [0.15, 0.2) is 0 Å². The summed E-state index contributed by atoms with van der Waals surface area (Å²) in [6.45, 7) is 6.65. The standard InChI is InChI=1S/C11H23NO2S/c1-11(2,3)9(12-4)8-15-7-6-10(13)14-5/h9,12H,6-8H2,1-5H3. The normalized spacial score (nSPS) is 13.7. The van der Waals surface area contributed by atoms with E-state index in [0.29, 0.717) is 12.5 Å². The van der Waals surface area contributed by atoms with Crippen LogP contribution in [0.4, 0.5) is 0 Å². The third-order valence-electron chi connectivity index (χ3n) is 2.36. The lowest BCUT2D eigenvalue weighted by Gasteiger charge is -2.30. The third-order valence-corrected chi connectivity index (χ3v) is 3.42. The number of esters is 1. The summed E-state index contributed by atoms with van der Waals surface area (Å²) in [5.41, 5.74) is 0.257. The van der Waals surface area contributed by atoms with Crippen LogP contribution < -0.4 is 5.32 Å². The van der Waals surface area contributed by atoms with Crippen molar-refractivity contribution in [3.63, 3.8) is 0 Å². The molecular formula is C11H23NO2S. The monoisotopic (exact) mass is 233 g/mol. The van der Waals surface area contributed by atoms with Gasteiger partial charge in [-0.05, 0) is 12.5 Å². The quantitative estimate of drug-likeness (QED) is 0.562. The van der Waals surface area contributed by atoms with Crippen molar-refractivity contribution >= 4 is 17.7 Å². The van der Waals surface area contributed by atoms with E-state index in [1.807, 2.05) is 7.05 Å². The van der Waals surface area contributed by atoms with Crippen molar-refractivity contribution in [3.8, 4) is 0 Å². The lowest BCUT2D eigenvalue weighted by molar-refractivity contribution is -0.140. The number of nitrogens with one attached hydrogen (secondary N) is 1. The molecule has 0 aliphatic rings. The maximum Gasteiger partial charge on any atom is 0.306 e. The Labute approximate surface area is 97.3 Å². The van der Waals surface area contributed by atoms with Crippen molar-refractivity contribution < 1.29 is 9.53 Å². The molecule has 0 aromatic carbocycles. The van der Waals surface area contributed by atoms with E-state index in [9.17, 15) is 4.79 Å². The van der Waals surface area contributed by atoms with E-state index in [-0.39, 0.29) is 11.4 Å². The number of methoxy groups -OCH3 is 1. The van der Waals surface area contributed by atoms with Gasteiger partial charge in [0, 0.05) is 17.5 Å². The highest BCUT2D eigenvalue weighted by molar-refractivity contribution is 7.99. The van der Waals surface area contributed by atoms with Crippen LogP contribution in [0, 0.1) is 5.41 Å². The van der Waals surface area contributed by atoms with E-state index in [0.717, 1.165) is 11.5 Å². The van der Waals surface area contributed by atoms with Crippen LogP contribution in [0.15, 0.2) is 0 Å². The Kier molecular flexibility index (Phi) is 7.02. The predicted molar refractivity (Wildman–Crippen MR) is 66.3 cm³/mol. The second-order valence-electron chi connectivity index (χ2n) is 4.61. The summed E-state index contributed by atoms with van der Waals surface area (Å²) >= 11 is 1.79. The maximum absolute atomic E-state index is 10.9. The van der Waals surface area contributed by atoms with E-state index in [2.05, 4.69) is 30.8 Å². The minimum absolute atomic E-state index is 0.126. The Balaban J connectivity index is 3.69. The van der Waals surface area contributed by atoms with Crippen molar-refractivity contribution in [2.45, 2.75) is 33.2 Å². The van der Waals surface area contributed by atoms with Gasteiger partial charge in [0.25, 0.3) is 0 Å². The van der Waals surface area contributed by atoms with Gasteiger partial charge in [-0.3, -0.25) is 4.79 Å². The smallest absolute Gasteiger partial charge is 0.306 e. The number of hydrogen-bond donors (Lipinski definition) is 1. The largest absolute Gasteiger partial charge is 0.469 e. The first kappa shape index (κ1) is 14.8. The highest BCUT2D eigenvalue weighted by Gasteiger charge is 2.22. The van der Waals surface area contributed by atoms with Gasteiger partial charge < -0.3 is 10.1 Å². The summed E-state index contributed by atoms with van der Waals surface area (Å²) in [6, 6.07) is 0.472. The molecule has 0 aliphatic heterocycles. The molecule has 90 valence electrons. The molecule has 3 nitrogen and oxygen atoms in total. The summed E-state index contributed by atoms with van der Waals surface area (Å²) in [6.07, 6.45) is 0.502. The molecule has 0 aliphatic carbocycles. The molecule has 0 rings (SSSR count). The molecule has 0 spiro atoms. The zero-order valence-electron chi connectivity index (χ0n) is 10.4. The summed E-state index contributed by atoms with van der Waals surface area (Å²) < 4.78 is 4.58. The molecule has 0 aromatic heterocycles. The van der Waals surface area contributed by atoms with Crippen LogP contribution in [-0.2, 0) is 9.53 Å². The van der Waals surface area contributed by atoms with Crippen molar-refractivity contribution in [3.05, 3.63) is 0 Å². The molecule has 1 N–H and O–H groups in total. The fourth-order valence-electron chi connectivity index (χ4n) is 1.23. The molecule has 0 fully saturated rings. The minimum atomic E-state index is -0.126. The molecular weight excluding hydrogens is 210 g/mol. The van der Waals surface area contributed by atoms with Gasteiger partial charge in [0.05, 0.1) is 13.5 Å². The van der Waals surface area contributed by atoms with Gasteiger partial charge in [-0.1, -0.05) is 20.8 Å². The van der Waals surface area contributed by atoms with E-state index in [4.69, 9.17) is 0 Å². The van der Waals surface area contributed by atoms with Crippen molar-refractivity contribution in [2.75, 3.05) is 25.7 Å². The van der Waals surface area contributed by atoms with E-state index < -0.39 is 0 Å². The first-order valence-corrected chi connectivity index (χ1v) is 6.39. The molecule has 1 atom stereocenters. The Morgan fingerprint density at radius 3 is 2.47 bits per heavy atom. The zero-order valence-corrected chi connectivity index (χ0v) is 11.2. The topological polar surface area (TPSA) is 38.3 Å². The van der Waals surface area contributed by atoms with Gasteiger partial charge in [0.1, 0.15) is 0 Å². The summed E-state index contributed by atoms with van der Waals surface area (Å²) in [7, 11) is 3.41. The molecule has 4 heteroatoms. The first-order valence-electron chi connectivity index (χ1n) is 5.23. The Morgan fingerprint density at radius 2 is 2.07 bits per heavy atom. The third kappa shape index (κ3) is 6.79. The fraction of sp³-hybridized carbons (Fsp3) is 0.909. The number of ether oxygens (including phenoxy) is 1. The SMILES string of the molecule is CNC(CSCCC(=O)OC)C(C)(C)C. The zero-order chi connectivity index (χ0) is 11.9. The average molecular weight is 233 g/mol. The highest BCUT2D eigenvalue weighted by Crippen LogP contribution is 2.22. The molecule has 1 unspecified atom stereocenters. The van der Waals surface area contributed by atoms with Gasteiger partial charge in [-0.15, -0.1) is 0 Å². The van der Waals surface area contributed by atoms with Crippen molar-refractivity contribution in [2.24, 2.45) is 5.41 Å². The van der Waals surface area contributed by atoms with Crippen LogP contribution in [0.3, 0.4) is 0 Å². The van der Waals surface area contributed by atoms with Crippen LogP contribution in [0.5, 0.6) is 0 Å². The van der Waals surface area contributed by atoms with Crippen molar-refractivity contribution in [1.29, 1.82) is 0 Å². The van der Waals surface area contributed by atoms with Crippen molar-refractivity contribution in [1.82, 2.24) is 5.32 Å². The van der Waals surface area contributed by atoms with Gasteiger partial charge in [-0.2, -0.15) is 11.8 Å². The second-order valence-corrected chi connectivity index (χ2v) is 5.76. The molecule has 0 saturated heterocycles. The van der Waals surface area contributed by atoms with Crippen LogP contribution in [0.1, 0.15) is 27.2 Å². The van der Waals surface area contributed by atoms with E-state index >= 15 is 0 Å². The Hall–Kier alpha value is -0.220. The summed E-state index contributed by atoms with van der Waals surface area (Å²) in [5.74, 6) is 1.73. The lowest BCUT2D eigenvalue weighted by Crippen LogP contribution is -2.40. The molecule has 0 heterocycles. The van der Waals surface area contributed by atoms with Crippen LogP contribution in [0.25, 0.3) is 0 Å². The molecule has 0 saturated carbocycles. The Bertz CT molecular complexity index is 190. The maximum atomic E-state index is 10.9. The Morgan fingerprint density at radius 1 is 1.47 bits per heavy atom. The van der Waals surface area contributed by atoms with Crippen LogP contribution in [0.2, 0.25) is 0 Å². The fourth-order valence-corrected chi connectivity index (χ4v) is 2.61. The average Bonchev–Trinajstić information content (AvgIpc) is 2.15. The molecule has 15 heavy (non-hydrogen) atoms. The van der Waals surface area contributed by atoms with Gasteiger partial charge in [0.2, 0.25) is 0 Å².